The largest absolute Gasteiger partial charge is 0.466 e. The van der Waals surface area contributed by atoms with E-state index in [1.165, 1.54) is 13.2 Å². The quantitative estimate of drug-likeness (QED) is 0.559. The Morgan fingerprint density at radius 3 is 2.88 bits per heavy atom. The molecule has 5 heteroatoms. The van der Waals surface area contributed by atoms with Crippen molar-refractivity contribution in [2.24, 2.45) is 0 Å². The molecule has 2 rings (SSSR count). The number of hydrogen-bond donors (Lipinski definition) is 1. The molecule has 0 aliphatic heterocycles. The molecular weight excluding hydrogens is 314 g/mol. The number of carbonyl (C=O) groups is 1. The lowest BCUT2D eigenvalue weighted by molar-refractivity contribution is -0.134. The molecule has 0 saturated carbocycles. The van der Waals surface area contributed by atoms with Crippen molar-refractivity contribution in [3.8, 4) is 0 Å². The third kappa shape index (κ3) is 5.43. The number of imidazole rings is 1. The zero-order valence-electron chi connectivity index (χ0n) is 15.7. The number of nitrogens with zero attached hydrogens (tertiary/aromatic N) is 2. The van der Waals surface area contributed by atoms with E-state index in [9.17, 15) is 4.79 Å². The maximum atomic E-state index is 11.3. The molecule has 5 nitrogen and oxygen atoms in total. The highest BCUT2D eigenvalue weighted by atomic mass is 16.5. The highest BCUT2D eigenvalue weighted by molar-refractivity contribution is 5.88. The molecule has 1 N–H and O–H groups in total. The molecule has 0 bridgehead atoms. The molecule has 0 fully saturated rings. The summed E-state index contributed by atoms with van der Waals surface area (Å²) in [6, 6.07) is 6.60. The molecule has 0 spiro atoms. The molecule has 25 heavy (non-hydrogen) atoms. The Balaban J connectivity index is 2.29. The Labute approximate surface area is 150 Å². The third-order valence-corrected chi connectivity index (χ3v) is 4.11. The Hall–Kier alpha value is -2.14. The van der Waals surface area contributed by atoms with Gasteiger partial charge in [-0.3, -0.25) is 0 Å². The zero-order valence-corrected chi connectivity index (χ0v) is 15.7. The van der Waals surface area contributed by atoms with Gasteiger partial charge in [0, 0.05) is 31.6 Å². The fourth-order valence-electron chi connectivity index (χ4n) is 2.77. The summed E-state index contributed by atoms with van der Waals surface area (Å²) in [5, 5.41) is 3.47. The second-order valence-electron chi connectivity index (χ2n) is 6.50. The Morgan fingerprint density at radius 1 is 1.40 bits per heavy atom. The molecule has 1 aromatic heterocycles. The molecule has 0 aliphatic carbocycles. The highest BCUT2D eigenvalue weighted by Gasteiger charge is 2.11. The minimum atomic E-state index is -0.353. The van der Waals surface area contributed by atoms with E-state index in [4.69, 9.17) is 4.98 Å². The molecule has 1 heterocycles. The lowest BCUT2D eigenvalue weighted by Gasteiger charge is -2.12. The van der Waals surface area contributed by atoms with E-state index in [0.29, 0.717) is 6.04 Å². The number of esters is 1. The first-order valence-electron chi connectivity index (χ1n) is 9.03. The molecule has 0 radical (unpaired) electrons. The maximum absolute atomic E-state index is 11.3. The van der Waals surface area contributed by atoms with Gasteiger partial charge in [0.15, 0.2) is 0 Å². The average Bonchev–Trinajstić information content (AvgIpc) is 2.94. The van der Waals surface area contributed by atoms with Crippen molar-refractivity contribution in [1.82, 2.24) is 14.9 Å². The fraction of sp³-hybridized carbons (Fsp3) is 0.500. The highest BCUT2D eigenvalue weighted by Crippen LogP contribution is 2.20. The molecule has 0 saturated heterocycles. The van der Waals surface area contributed by atoms with Crippen LogP contribution in [-0.4, -0.2) is 35.2 Å². The van der Waals surface area contributed by atoms with Crippen molar-refractivity contribution in [2.45, 2.75) is 52.6 Å². The molecule has 2 aromatic rings. The molecule has 0 aliphatic rings. The number of aromatic nitrogens is 2. The van der Waals surface area contributed by atoms with E-state index in [0.717, 1.165) is 54.8 Å². The number of fused-ring (bicyclic) bond motifs is 1. The van der Waals surface area contributed by atoms with Crippen LogP contribution in [0.25, 0.3) is 17.1 Å². The lowest BCUT2D eigenvalue weighted by Crippen LogP contribution is -2.27. The summed E-state index contributed by atoms with van der Waals surface area (Å²) < 4.78 is 6.95. The summed E-state index contributed by atoms with van der Waals surface area (Å²) >= 11 is 0. The zero-order chi connectivity index (χ0) is 18.2. The van der Waals surface area contributed by atoms with Crippen molar-refractivity contribution in [1.29, 1.82) is 0 Å². The number of nitrogens with one attached hydrogen (secondary N) is 1. The minimum absolute atomic E-state index is 0.353. The molecule has 0 amide bonds. The number of carbonyl (C=O) groups excluding carboxylic acids is 1. The monoisotopic (exact) mass is 343 g/mol. The van der Waals surface area contributed by atoms with E-state index in [1.807, 2.05) is 12.1 Å². The Morgan fingerprint density at radius 2 is 2.20 bits per heavy atom. The van der Waals surface area contributed by atoms with Crippen molar-refractivity contribution < 1.29 is 9.53 Å². The van der Waals surface area contributed by atoms with Crippen LogP contribution in [-0.2, 0) is 22.5 Å². The summed E-state index contributed by atoms with van der Waals surface area (Å²) in [6.07, 6.45) is 6.47. The Kier molecular flexibility index (Phi) is 7.19. The van der Waals surface area contributed by atoms with Crippen LogP contribution in [0, 0.1) is 0 Å². The number of benzene rings is 1. The topological polar surface area (TPSA) is 56.1 Å². The first-order valence-corrected chi connectivity index (χ1v) is 9.03. The van der Waals surface area contributed by atoms with Gasteiger partial charge in [0.25, 0.3) is 0 Å². The summed E-state index contributed by atoms with van der Waals surface area (Å²) in [6.45, 7) is 8.34. The number of rotatable bonds is 9. The average molecular weight is 343 g/mol. The first-order chi connectivity index (χ1) is 12.0. The number of unbranched alkanes of at least 4 members (excludes halogenated alkanes) is 1. The van der Waals surface area contributed by atoms with Crippen molar-refractivity contribution in [3.05, 3.63) is 35.7 Å². The first kappa shape index (κ1) is 19.2. The van der Waals surface area contributed by atoms with Crippen LogP contribution in [0.2, 0.25) is 0 Å². The van der Waals surface area contributed by atoms with Crippen LogP contribution >= 0.6 is 0 Å². The molecule has 136 valence electrons. The second-order valence-corrected chi connectivity index (χ2v) is 6.50. The summed E-state index contributed by atoms with van der Waals surface area (Å²) in [4.78, 5) is 16.1. The number of hydrogen-bond acceptors (Lipinski definition) is 4. The van der Waals surface area contributed by atoms with E-state index >= 15 is 0 Å². The molecule has 0 atom stereocenters. The van der Waals surface area contributed by atoms with E-state index < -0.39 is 0 Å². The number of aryl methyl sites for hydroxylation is 1. The van der Waals surface area contributed by atoms with Gasteiger partial charge in [-0.1, -0.05) is 33.3 Å². The number of methoxy groups -OCH3 is 1. The SMILES string of the molecule is CCCCc1nc2cc(/C=C/C(=O)OC)ccc2n1CCNC(C)C. The third-order valence-electron chi connectivity index (χ3n) is 4.11. The van der Waals surface area contributed by atoms with Gasteiger partial charge < -0.3 is 14.6 Å². The van der Waals surface area contributed by atoms with Crippen LogP contribution in [0.5, 0.6) is 0 Å². The van der Waals surface area contributed by atoms with Gasteiger partial charge in [-0.05, 0) is 30.2 Å². The predicted molar refractivity (Wildman–Crippen MR) is 103 cm³/mol. The summed E-state index contributed by atoms with van der Waals surface area (Å²) in [7, 11) is 1.38. The van der Waals surface area contributed by atoms with Gasteiger partial charge in [0.1, 0.15) is 5.82 Å². The van der Waals surface area contributed by atoms with Crippen LogP contribution in [0.1, 0.15) is 45.0 Å². The lowest BCUT2D eigenvalue weighted by atomic mass is 10.2. The van der Waals surface area contributed by atoms with E-state index in [-0.39, 0.29) is 5.97 Å². The number of ether oxygens (including phenoxy) is 1. The summed E-state index contributed by atoms with van der Waals surface area (Å²) in [5.41, 5.74) is 3.07. The summed E-state index contributed by atoms with van der Waals surface area (Å²) in [5.74, 6) is 0.783. The van der Waals surface area contributed by atoms with Crippen LogP contribution < -0.4 is 5.32 Å². The van der Waals surface area contributed by atoms with Crippen molar-refractivity contribution in [2.75, 3.05) is 13.7 Å². The molecule has 0 unspecified atom stereocenters. The molecular formula is C20H29N3O2. The van der Waals surface area contributed by atoms with E-state index in [1.54, 1.807) is 6.08 Å². The van der Waals surface area contributed by atoms with Crippen LogP contribution in [0.15, 0.2) is 24.3 Å². The smallest absolute Gasteiger partial charge is 0.330 e. The van der Waals surface area contributed by atoms with Gasteiger partial charge in [0.05, 0.1) is 18.1 Å². The predicted octanol–water partition coefficient (Wildman–Crippen LogP) is 3.56. The van der Waals surface area contributed by atoms with E-state index in [2.05, 4.69) is 41.5 Å². The fourth-order valence-corrected chi connectivity index (χ4v) is 2.77. The maximum Gasteiger partial charge on any atom is 0.330 e. The van der Waals surface area contributed by atoms with Crippen LogP contribution in [0.3, 0.4) is 0 Å². The van der Waals surface area contributed by atoms with Gasteiger partial charge in [-0.25, -0.2) is 9.78 Å². The van der Waals surface area contributed by atoms with Gasteiger partial charge in [-0.15, -0.1) is 0 Å². The van der Waals surface area contributed by atoms with Gasteiger partial charge in [0.2, 0.25) is 0 Å². The van der Waals surface area contributed by atoms with Gasteiger partial charge >= 0.3 is 5.97 Å². The van der Waals surface area contributed by atoms with Crippen molar-refractivity contribution >= 4 is 23.1 Å². The van der Waals surface area contributed by atoms with Crippen molar-refractivity contribution in [3.63, 3.8) is 0 Å². The van der Waals surface area contributed by atoms with Crippen LogP contribution in [0.4, 0.5) is 0 Å². The molecule has 1 aromatic carbocycles. The van der Waals surface area contributed by atoms with Gasteiger partial charge in [-0.2, -0.15) is 0 Å². The minimum Gasteiger partial charge on any atom is -0.466 e. The standard InChI is InChI=1S/C20H29N3O2/c1-5-6-7-19-22-17-14-16(9-11-20(24)25-4)8-10-18(17)23(19)13-12-21-15(2)3/h8-11,14-15,21H,5-7,12-13H2,1-4H3/b11-9+. The second kappa shape index (κ2) is 9.37. The normalized spacial score (nSPS) is 11.7. The Bertz CT molecular complexity index is 732.